The maximum atomic E-state index is 12.4. The number of thiazole rings is 1. The van der Waals surface area contributed by atoms with E-state index in [9.17, 15) is 4.79 Å². The number of carbonyl (C=O) groups is 1. The number of benzene rings is 1. The van der Waals surface area contributed by atoms with Gasteiger partial charge in [0, 0.05) is 18.9 Å². The largest absolute Gasteiger partial charge is 0.387 e. The van der Waals surface area contributed by atoms with Crippen LogP contribution in [0.2, 0.25) is 0 Å². The first-order valence-electron chi connectivity index (χ1n) is 6.48. The van der Waals surface area contributed by atoms with Gasteiger partial charge in [0.1, 0.15) is 0 Å². The highest BCUT2D eigenvalue weighted by Crippen LogP contribution is 2.26. The summed E-state index contributed by atoms with van der Waals surface area (Å²) in [5, 5.41) is 6.43. The first kappa shape index (κ1) is 13.5. The molecule has 3 rings (SSSR count). The average molecular weight is 298 g/mol. The number of pyridine rings is 1. The first-order valence-corrected chi connectivity index (χ1v) is 7.30. The van der Waals surface area contributed by atoms with Crippen LogP contribution in [-0.4, -0.2) is 22.9 Å². The number of rotatable bonds is 3. The molecule has 0 aliphatic carbocycles. The third-order valence-electron chi connectivity index (χ3n) is 3.07. The number of amides is 1. The molecule has 1 aromatic carbocycles. The van der Waals surface area contributed by atoms with Crippen molar-refractivity contribution in [2.75, 3.05) is 17.7 Å². The number of nitrogens with zero attached hydrogens (tertiary/aromatic N) is 2. The summed E-state index contributed by atoms with van der Waals surface area (Å²) in [5.74, 6) is -0.217. The van der Waals surface area contributed by atoms with Gasteiger partial charge in [-0.1, -0.05) is 23.5 Å². The minimum atomic E-state index is -0.217. The van der Waals surface area contributed by atoms with Crippen LogP contribution in [0.3, 0.4) is 0 Å². The molecule has 2 aromatic heterocycles. The van der Waals surface area contributed by atoms with Crippen LogP contribution in [0.1, 0.15) is 16.1 Å². The Kier molecular flexibility index (Phi) is 3.53. The molecule has 0 spiro atoms. The van der Waals surface area contributed by atoms with Gasteiger partial charge in [0.25, 0.3) is 5.91 Å². The molecule has 2 heterocycles. The van der Waals surface area contributed by atoms with Crippen molar-refractivity contribution in [1.29, 1.82) is 0 Å². The van der Waals surface area contributed by atoms with Crippen molar-refractivity contribution in [3.63, 3.8) is 0 Å². The molecule has 0 fully saturated rings. The summed E-state index contributed by atoms with van der Waals surface area (Å²) in [6.07, 6.45) is 1.57. The number of hydrogen-bond acceptors (Lipinski definition) is 5. The fourth-order valence-electron chi connectivity index (χ4n) is 2.04. The lowest BCUT2D eigenvalue weighted by molar-refractivity contribution is 0.102. The standard InChI is InChI=1S/C15H14N4OS/c1-9-7-12(16-2)10(8-17-9)14(20)19-15-18-11-5-3-4-6-13(11)21-15/h3-8H,1-2H3,(H,16,17)(H,18,19,20). The molecule has 0 saturated carbocycles. The lowest BCUT2D eigenvalue weighted by Crippen LogP contribution is -2.14. The lowest BCUT2D eigenvalue weighted by atomic mass is 10.2. The van der Waals surface area contributed by atoms with Crippen molar-refractivity contribution in [3.05, 3.63) is 47.8 Å². The predicted octanol–water partition coefficient (Wildman–Crippen LogP) is 3.29. The molecule has 5 nitrogen and oxygen atoms in total. The quantitative estimate of drug-likeness (QED) is 0.778. The van der Waals surface area contributed by atoms with Gasteiger partial charge in [0.05, 0.1) is 21.5 Å². The first-order chi connectivity index (χ1) is 10.2. The number of nitrogens with one attached hydrogen (secondary N) is 2. The highest BCUT2D eigenvalue weighted by atomic mass is 32.1. The van der Waals surface area contributed by atoms with Gasteiger partial charge in [0.2, 0.25) is 0 Å². The van der Waals surface area contributed by atoms with Gasteiger partial charge in [-0.25, -0.2) is 4.98 Å². The van der Waals surface area contributed by atoms with Crippen molar-refractivity contribution in [3.8, 4) is 0 Å². The molecule has 0 unspecified atom stereocenters. The van der Waals surface area contributed by atoms with Gasteiger partial charge in [-0.3, -0.25) is 15.1 Å². The Balaban J connectivity index is 1.89. The van der Waals surface area contributed by atoms with Crippen molar-refractivity contribution in [2.45, 2.75) is 6.92 Å². The highest BCUT2D eigenvalue weighted by molar-refractivity contribution is 7.22. The Bertz CT molecular complexity index is 779. The second-order valence-electron chi connectivity index (χ2n) is 4.56. The zero-order valence-electron chi connectivity index (χ0n) is 11.7. The normalized spacial score (nSPS) is 10.6. The smallest absolute Gasteiger partial charge is 0.261 e. The third kappa shape index (κ3) is 2.71. The van der Waals surface area contributed by atoms with E-state index in [1.54, 1.807) is 13.2 Å². The summed E-state index contributed by atoms with van der Waals surface area (Å²) in [7, 11) is 1.78. The van der Waals surface area contributed by atoms with Crippen LogP contribution < -0.4 is 10.6 Å². The van der Waals surface area contributed by atoms with Crippen LogP contribution in [-0.2, 0) is 0 Å². The van der Waals surface area contributed by atoms with Crippen LogP contribution in [0.4, 0.5) is 10.8 Å². The molecule has 6 heteroatoms. The molecule has 106 valence electrons. The summed E-state index contributed by atoms with van der Waals surface area (Å²) in [6.45, 7) is 1.88. The molecule has 0 aliphatic heterocycles. The summed E-state index contributed by atoms with van der Waals surface area (Å²) >= 11 is 1.45. The third-order valence-corrected chi connectivity index (χ3v) is 4.02. The maximum absolute atomic E-state index is 12.4. The van der Waals surface area contributed by atoms with Crippen LogP contribution in [0.5, 0.6) is 0 Å². The number of aromatic nitrogens is 2. The Hall–Kier alpha value is -2.47. The number of anilines is 2. The topological polar surface area (TPSA) is 66.9 Å². The molecular formula is C15H14N4OS. The van der Waals surface area contributed by atoms with E-state index in [0.717, 1.165) is 21.6 Å². The van der Waals surface area contributed by atoms with Crippen LogP contribution >= 0.6 is 11.3 Å². The van der Waals surface area contributed by atoms with Crippen LogP contribution in [0.25, 0.3) is 10.2 Å². The van der Waals surface area contributed by atoms with E-state index in [-0.39, 0.29) is 5.91 Å². The van der Waals surface area contributed by atoms with Crippen LogP contribution in [0.15, 0.2) is 36.5 Å². The lowest BCUT2D eigenvalue weighted by Gasteiger charge is -2.08. The number of carbonyl (C=O) groups excluding carboxylic acids is 1. The van der Waals surface area contributed by atoms with Crippen LogP contribution in [0, 0.1) is 6.92 Å². The minimum absolute atomic E-state index is 0.217. The van der Waals surface area contributed by atoms with Gasteiger partial charge in [0.15, 0.2) is 5.13 Å². The van der Waals surface area contributed by atoms with Crippen molar-refractivity contribution < 1.29 is 4.79 Å². The molecule has 1 amide bonds. The second kappa shape index (κ2) is 5.49. The summed E-state index contributed by atoms with van der Waals surface area (Å²) in [4.78, 5) is 20.9. The fraction of sp³-hybridized carbons (Fsp3) is 0.133. The summed E-state index contributed by atoms with van der Waals surface area (Å²) < 4.78 is 1.05. The van der Waals surface area contributed by atoms with Gasteiger partial charge in [-0.15, -0.1) is 0 Å². The molecular weight excluding hydrogens is 284 g/mol. The van der Waals surface area contributed by atoms with E-state index >= 15 is 0 Å². The Morgan fingerprint density at radius 2 is 2.10 bits per heavy atom. The molecule has 0 saturated heterocycles. The van der Waals surface area contributed by atoms with Gasteiger partial charge >= 0.3 is 0 Å². The highest BCUT2D eigenvalue weighted by Gasteiger charge is 2.14. The van der Waals surface area contributed by atoms with E-state index in [4.69, 9.17) is 0 Å². The second-order valence-corrected chi connectivity index (χ2v) is 5.59. The van der Waals surface area contributed by atoms with Gasteiger partial charge in [-0.05, 0) is 25.1 Å². The molecule has 0 atom stereocenters. The zero-order chi connectivity index (χ0) is 14.8. The van der Waals surface area contributed by atoms with E-state index < -0.39 is 0 Å². The number of hydrogen-bond donors (Lipinski definition) is 2. The van der Waals surface area contributed by atoms with E-state index in [0.29, 0.717) is 10.7 Å². The molecule has 0 bridgehead atoms. The maximum Gasteiger partial charge on any atom is 0.261 e. The molecule has 0 aliphatic rings. The SMILES string of the molecule is CNc1cc(C)ncc1C(=O)Nc1nc2ccccc2s1. The number of fused-ring (bicyclic) bond motifs is 1. The summed E-state index contributed by atoms with van der Waals surface area (Å²) in [5.41, 5.74) is 2.99. The molecule has 2 N–H and O–H groups in total. The monoisotopic (exact) mass is 298 g/mol. The molecule has 21 heavy (non-hydrogen) atoms. The number of aryl methyl sites for hydroxylation is 1. The van der Waals surface area contributed by atoms with Crippen molar-refractivity contribution >= 4 is 38.3 Å². The summed E-state index contributed by atoms with van der Waals surface area (Å²) in [6, 6.07) is 9.63. The predicted molar refractivity (Wildman–Crippen MR) is 86.1 cm³/mol. The molecule has 3 aromatic rings. The minimum Gasteiger partial charge on any atom is -0.387 e. The zero-order valence-corrected chi connectivity index (χ0v) is 12.5. The van der Waals surface area contributed by atoms with Crippen molar-refractivity contribution in [2.24, 2.45) is 0 Å². The Morgan fingerprint density at radius 1 is 1.29 bits per heavy atom. The van der Waals surface area contributed by atoms with Gasteiger partial charge < -0.3 is 5.32 Å². The van der Waals surface area contributed by atoms with Gasteiger partial charge in [-0.2, -0.15) is 0 Å². The van der Waals surface area contributed by atoms with Crippen molar-refractivity contribution in [1.82, 2.24) is 9.97 Å². The Labute approximate surface area is 126 Å². The average Bonchev–Trinajstić information content (AvgIpc) is 2.88. The van der Waals surface area contributed by atoms with E-state index in [1.807, 2.05) is 37.3 Å². The van der Waals surface area contributed by atoms with E-state index in [2.05, 4.69) is 20.6 Å². The fourth-order valence-corrected chi connectivity index (χ4v) is 2.90. The number of para-hydroxylation sites is 1. The molecule has 0 radical (unpaired) electrons. The Morgan fingerprint density at radius 3 is 2.86 bits per heavy atom. The van der Waals surface area contributed by atoms with E-state index in [1.165, 1.54) is 11.3 Å².